The Morgan fingerprint density at radius 3 is 2.62 bits per heavy atom. The van der Waals surface area contributed by atoms with Crippen LogP contribution in [-0.2, 0) is 9.47 Å². The van der Waals surface area contributed by atoms with Crippen molar-refractivity contribution in [2.75, 3.05) is 26.1 Å². The molecule has 5 atom stereocenters. The summed E-state index contributed by atoms with van der Waals surface area (Å²) >= 11 is 0. The molecule has 1 aromatic rings. The van der Waals surface area contributed by atoms with Gasteiger partial charge in [0.05, 0.1) is 19.8 Å². The van der Waals surface area contributed by atoms with Crippen molar-refractivity contribution in [1.82, 2.24) is 0 Å². The average molecular weight is 299 g/mol. The van der Waals surface area contributed by atoms with Crippen molar-refractivity contribution in [3.8, 4) is 5.75 Å². The van der Waals surface area contributed by atoms with E-state index in [1.165, 1.54) is 7.11 Å². The number of nitrogens with one attached hydrogen (secondary N) is 1. The molecule has 4 N–H and O–H groups in total. The van der Waals surface area contributed by atoms with Gasteiger partial charge in [-0.25, -0.2) is 0 Å². The number of aliphatic hydroxyl groups is 3. The van der Waals surface area contributed by atoms with Crippen LogP contribution in [0.4, 0.5) is 5.69 Å². The second-order valence-corrected chi connectivity index (χ2v) is 4.84. The number of hydrogen-bond donors (Lipinski definition) is 4. The van der Waals surface area contributed by atoms with Crippen LogP contribution in [0.2, 0.25) is 0 Å². The second-order valence-electron chi connectivity index (χ2n) is 4.84. The largest absolute Gasteiger partial charge is 0.497 e. The van der Waals surface area contributed by atoms with E-state index in [1.807, 2.05) is 0 Å². The van der Waals surface area contributed by atoms with Crippen molar-refractivity contribution in [3.63, 3.8) is 0 Å². The second kappa shape index (κ2) is 7.06. The highest BCUT2D eigenvalue weighted by Gasteiger charge is 2.44. The van der Waals surface area contributed by atoms with Crippen LogP contribution < -0.4 is 10.1 Å². The van der Waals surface area contributed by atoms with Gasteiger partial charge in [-0.3, -0.25) is 0 Å². The SMILES string of the molecule is COc1cccc(N[C@H]2[C@@H](O)[C@@H](CO)O[C@@H](OC)[C@@H]2O)c1. The molecular formula is C14H21NO6. The summed E-state index contributed by atoms with van der Waals surface area (Å²) in [6, 6.07) is 6.36. The lowest BCUT2D eigenvalue weighted by Crippen LogP contribution is -2.61. The standard InChI is InChI=1S/C14H21NO6/c1-19-9-5-3-4-8(6-9)15-11-12(17)10(7-16)21-14(20-2)13(11)18/h3-6,10-18H,7H2,1-2H3/t10-,11+,12+,13-,14-/m1/s1. The van der Waals surface area contributed by atoms with Gasteiger partial charge < -0.3 is 34.8 Å². The number of methoxy groups -OCH3 is 2. The van der Waals surface area contributed by atoms with E-state index >= 15 is 0 Å². The van der Waals surface area contributed by atoms with Crippen LogP contribution in [0.25, 0.3) is 0 Å². The molecule has 7 heteroatoms. The molecule has 118 valence electrons. The van der Waals surface area contributed by atoms with E-state index in [1.54, 1.807) is 31.4 Å². The molecule has 0 bridgehead atoms. The first-order valence-corrected chi connectivity index (χ1v) is 6.66. The zero-order valence-corrected chi connectivity index (χ0v) is 12.0. The van der Waals surface area contributed by atoms with E-state index in [0.717, 1.165) is 0 Å². The lowest BCUT2D eigenvalue weighted by molar-refractivity contribution is -0.265. The van der Waals surface area contributed by atoms with Crippen molar-refractivity contribution in [1.29, 1.82) is 0 Å². The zero-order valence-electron chi connectivity index (χ0n) is 12.0. The van der Waals surface area contributed by atoms with Gasteiger partial charge in [0.25, 0.3) is 0 Å². The minimum atomic E-state index is -1.08. The Morgan fingerprint density at radius 1 is 1.24 bits per heavy atom. The maximum absolute atomic E-state index is 10.2. The van der Waals surface area contributed by atoms with E-state index in [9.17, 15) is 15.3 Å². The lowest BCUT2D eigenvalue weighted by Gasteiger charge is -2.42. The summed E-state index contributed by atoms with van der Waals surface area (Å²) in [6.45, 7) is -0.371. The van der Waals surface area contributed by atoms with Crippen LogP contribution in [0.1, 0.15) is 0 Å². The summed E-state index contributed by atoms with van der Waals surface area (Å²) in [7, 11) is 2.95. The molecular weight excluding hydrogens is 278 g/mol. The molecule has 1 saturated heterocycles. The van der Waals surface area contributed by atoms with Crippen molar-refractivity contribution in [2.45, 2.75) is 30.6 Å². The summed E-state index contributed by atoms with van der Waals surface area (Å²) in [5, 5.41) is 32.7. The third-order valence-corrected chi connectivity index (χ3v) is 3.52. The van der Waals surface area contributed by atoms with E-state index in [2.05, 4.69) is 5.32 Å². The highest BCUT2D eigenvalue weighted by atomic mass is 16.7. The van der Waals surface area contributed by atoms with Crippen LogP contribution in [0.5, 0.6) is 5.75 Å². The molecule has 1 aromatic carbocycles. The highest BCUT2D eigenvalue weighted by Crippen LogP contribution is 2.26. The fraction of sp³-hybridized carbons (Fsp3) is 0.571. The Hall–Kier alpha value is -1.38. The molecule has 1 fully saturated rings. The minimum Gasteiger partial charge on any atom is -0.497 e. The predicted octanol–water partition coefficient (Wildman–Crippen LogP) is -0.439. The molecule has 1 aliphatic heterocycles. The monoisotopic (exact) mass is 299 g/mol. The molecule has 1 heterocycles. The van der Waals surface area contributed by atoms with Crippen LogP contribution in [0, 0.1) is 0 Å². The first-order chi connectivity index (χ1) is 10.1. The minimum absolute atomic E-state index is 0.371. The number of anilines is 1. The Kier molecular flexibility index (Phi) is 5.38. The van der Waals surface area contributed by atoms with Gasteiger partial charge in [0, 0.05) is 18.9 Å². The van der Waals surface area contributed by atoms with Gasteiger partial charge >= 0.3 is 0 Å². The molecule has 0 spiro atoms. The van der Waals surface area contributed by atoms with Crippen LogP contribution >= 0.6 is 0 Å². The molecule has 0 unspecified atom stereocenters. The van der Waals surface area contributed by atoms with Gasteiger partial charge in [-0.2, -0.15) is 0 Å². The summed E-state index contributed by atoms with van der Waals surface area (Å²) < 4.78 is 15.5. The van der Waals surface area contributed by atoms with Gasteiger partial charge in [0.2, 0.25) is 0 Å². The van der Waals surface area contributed by atoms with Gasteiger partial charge in [0.15, 0.2) is 6.29 Å². The molecule has 21 heavy (non-hydrogen) atoms. The lowest BCUT2D eigenvalue weighted by atomic mass is 9.96. The Morgan fingerprint density at radius 2 is 2.00 bits per heavy atom. The van der Waals surface area contributed by atoms with Crippen LogP contribution in [-0.4, -0.2) is 66.8 Å². The Balaban J connectivity index is 2.17. The summed E-state index contributed by atoms with van der Waals surface area (Å²) in [5.41, 5.74) is 0.672. The maximum atomic E-state index is 10.2. The van der Waals surface area contributed by atoms with Crippen molar-refractivity contribution in [2.24, 2.45) is 0 Å². The topological polar surface area (TPSA) is 100 Å². The van der Waals surface area contributed by atoms with Crippen molar-refractivity contribution < 1.29 is 29.5 Å². The fourth-order valence-corrected chi connectivity index (χ4v) is 2.36. The first kappa shape index (κ1) is 16.0. The normalized spacial score (nSPS) is 32.7. The predicted molar refractivity (Wildman–Crippen MR) is 75.2 cm³/mol. The molecule has 0 aromatic heterocycles. The van der Waals surface area contributed by atoms with Gasteiger partial charge in [-0.1, -0.05) is 6.07 Å². The van der Waals surface area contributed by atoms with Crippen LogP contribution in [0.15, 0.2) is 24.3 Å². The number of hydrogen-bond acceptors (Lipinski definition) is 7. The van der Waals surface area contributed by atoms with Crippen molar-refractivity contribution >= 4 is 5.69 Å². The van der Waals surface area contributed by atoms with Gasteiger partial charge in [-0.15, -0.1) is 0 Å². The van der Waals surface area contributed by atoms with E-state index in [4.69, 9.17) is 14.2 Å². The van der Waals surface area contributed by atoms with Gasteiger partial charge in [-0.05, 0) is 12.1 Å². The molecule has 7 nitrogen and oxygen atoms in total. The summed E-state index contributed by atoms with van der Waals surface area (Å²) in [6.07, 6.45) is -3.92. The maximum Gasteiger partial charge on any atom is 0.185 e. The molecule has 0 aliphatic carbocycles. The molecule has 2 rings (SSSR count). The zero-order chi connectivity index (χ0) is 15.4. The number of benzene rings is 1. The third kappa shape index (κ3) is 3.45. The average Bonchev–Trinajstić information content (AvgIpc) is 2.52. The third-order valence-electron chi connectivity index (χ3n) is 3.52. The molecule has 0 saturated carbocycles. The smallest absolute Gasteiger partial charge is 0.185 e. The number of ether oxygens (including phenoxy) is 3. The van der Waals surface area contributed by atoms with Gasteiger partial charge in [0.1, 0.15) is 24.1 Å². The fourth-order valence-electron chi connectivity index (χ4n) is 2.36. The Labute approximate surface area is 123 Å². The number of aliphatic hydroxyl groups excluding tert-OH is 3. The van der Waals surface area contributed by atoms with E-state index in [0.29, 0.717) is 11.4 Å². The quantitative estimate of drug-likeness (QED) is 0.585. The van der Waals surface area contributed by atoms with Crippen LogP contribution in [0.3, 0.4) is 0 Å². The number of rotatable bonds is 5. The van der Waals surface area contributed by atoms with E-state index < -0.39 is 30.6 Å². The first-order valence-electron chi connectivity index (χ1n) is 6.66. The summed E-state index contributed by atoms with van der Waals surface area (Å²) in [5.74, 6) is 0.651. The molecule has 1 aliphatic rings. The van der Waals surface area contributed by atoms with E-state index in [-0.39, 0.29) is 6.61 Å². The summed E-state index contributed by atoms with van der Waals surface area (Å²) in [4.78, 5) is 0. The molecule has 0 amide bonds. The Bertz CT molecular complexity index is 441. The highest BCUT2D eigenvalue weighted by molar-refractivity contribution is 5.49. The molecule has 0 radical (unpaired) electrons. The van der Waals surface area contributed by atoms with Crippen molar-refractivity contribution in [3.05, 3.63) is 24.3 Å².